The summed E-state index contributed by atoms with van der Waals surface area (Å²) in [6.45, 7) is 8.31. The zero-order valence-corrected chi connectivity index (χ0v) is 13.6. The summed E-state index contributed by atoms with van der Waals surface area (Å²) in [5.74, 6) is 1.07. The smallest absolute Gasteiger partial charge is 0.129 e. The highest BCUT2D eigenvalue weighted by Gasteiger charge is 2.22. The van der Waals surface area contributed by atoms with Crippen molar-refractivity contribution in [1.82, 2.24) is 10.3 Å². The van der Waals surface area contributed by atoms with E-state index in [0.717, 1.165) is 29.5 Å². The molecular weight excluding hydrogens is 270 g/mol. The Bertz CT molecular complexity index is 428. The van der Waals surface area contributed by atoms with Crippen LogP contribution < -0.4 is 10.2 Å². The van der Waals surface area contributed by atoms with E-state index in [4.69, 9.17) is 11.6 Å². The highest BCUT2D eigenvalue weighted by Crippen LogP contribution is 2.28. The van der Waals surface area contributed by atoms with Gasteiger partial charge in [0.2, 0.25) is 0 Å². The SMILES string of the molecule is CCN(c1cc(CNC(C)C)c(Cl)cn1)C1CCCC1. The third-order valence-corrected chi connectivity index (χ3v) is 4.36. The Morgan fingerprint density at radius 2 is 2.10 bits per heavy atom. The first-order valence-corrected chi connectivity index (χ1v) is 8.14. The van der Waals surface area contributed by atoms with Crippen molar-refractivity contribution in [3.05, 3.63) is 22.8 Å². The van der Waals surface area contributed by atoms with Crippen molar-refractivity contribution in [1.29, 1.82) is 0 Å². The van der Waals surface area contributed by atoms with Gasteiger partial charge in [-0.3, -0.25) is 0 Å². The summed E-state index contributed by atoms with van der Waals surface area (Å²) in [4.78, 5) is 6.98. The zero-order chi connectivity index (χ0) is 14.5. The van der Waals surface area contributed by atoms with Crippen LogP contribution in [0, 0.1) is 0 Å². The number of nitrogens with one attached hydrogen (secondary N) is 1. The van der Waals surface area contributed by atoms with E-state index in [-0.39, 0.29) is 0 Å². The molecule has 1 fully saturated rings. The van der Waals surface area contributed by atoms with Crippen molar-refractivity contribution in [3.8, 4) is 0 Å². The first kappa shape index (κ1) is 15.6. The molecule has 3 nitrogen and oxygen atoms in total. The molecule has 2 rings (SSSR count). The predicted molar refractivity (Wildman–Crippen MR) is 86.5 cm³/mol. The summed E-state index contributed by atoms with van der Waals surface area (Å²) >= 11 is 6.27. The normalized spacial score (nSPS) is 16.1. The molecule has 0 saturated heterocycles. The lowest BCUT2D eigenvalue weighted by molar-refractivity contribution is 0.586. The van der Waals surface area contributed by atoms with Gasteiger partial charge < -0.3 is 10.2 Å². The van der Waals surface area contributed by atoms with Gasteiger partial charge in [0, 0.05) is 31.4 Å². The number of nitrogens with zero attached hydrogens (tertiary/aromatic N) is 2. The average molecular weight is 296 g/mol. The number of halogens is 1. The minimum absolute atomic E-state index is 0.458. The van der Waals surface area contributed by atoms with Crippen molar-refractivity contribution >= 4 is 17.4 Å². The molecule has 0 aromatic carbocycles. The maximum Gasteiger partial charge on any atom is 0.129 e. The van der Waals surface area contributed by atoms with Gasteiger partial charge in [0.05, 0.1) is 5.02 Å². The van der Waals surface area contributed by atoms with Crippen LogP contribution in [0.2, 0.25) is 5.02 Å². The van der Waals surface area contributed by atoms with Gasteiger partial charge in [0.1, 0.15) is 5.82 Å². The fourth-order valence-corrected chi connectivity index (χ4v) is 3.07. The number of anilines is 1. The van der Waals surface area contributed by atoms with E-state index in [1.165, 1.54) is 25.7 Å². The number of rotatable bonds is 6. The summed E-state index contributed by atoms with van der Waals surface area (Å²) in [5.41, 5.74) is 1.14. The van der Waals surface area contributed by atoms with Crippen molar-refractivity contribution in [2.45, 2.75) is 65.1 Å². The number of hydrogen-bond acceptors (Lipinski definition) is 3. The van der Waals surface area contributed by atoms with Crippen LogP contribution in [0.1, 0.15) is 52.0 Å². The summed E-state index contributed by atoms with van der Waals surface area (Å²) in [6, 6.07) is 3.26. The third-order valence-electron chi connectivity index (χ3n) is 4.02. The second-order valence-corrected chi connectivity index (χ2v) is 6.30. The molecule has 1 aliphatic rings. The summed E-state index contributed by atoms with van der Waals surface area (Å²) in [5, 5.41) is 4.18. The number of hydrogen-bond donors (Lipinski definition) is 1. The topological polar surface area (TPSA) is 28.2 Å². The van der Waals surface area contributed by atoms with Gasteiger partial charge in [-0.15, -0.1) is 0 Å². The van der Waals surface area contributed by atoms with Gasteiger partial charge in [-0.2, -0.15) is 0 Å². The molecule has 0 spiro atoms. The molecular formula is C16H26ClN3. The lowest BCUT2D eigenvalue weighted by Gasteiger charge is -2.29. The summed E-state index contributed by atoms with van der Waals surface area (Å²) in [6.07, 6.45) is 7.06. The van der Waals surface area contributed by atoms with Gasteiger partial charge >= 0.3 is 0 Å². The van der Waals surface area contributed by atoms with Gasteiger partial charge in [-0.25, -0.2) is 4.98 Å². The second kappa shape index (κ2) is 7.28. The number of aromatic nitrogens is 1. The fourth-order valence-electron chi connectivity index (χ4n) is 2.90. The Morgan fingerprint density at radius 3 is 2.70 bits per heavy atom. The molecule has 0 radical (unpaired) electrons. The summed E-state index contributed by atoms with van der Waals surface area (Å²) in [7, 11) is 0. The van der Waals surface area contributed by atoms with Gasteiger partial charge in [-0.1, -0.05) is 38.3 Å². The van der Waals surface area contributed by atoms with E-state index in [1.54, 1.807) is 6.20 Å². The monoisotopic (exact) mass is 295 g/mol. The Kier molecular flexibility index (Phi) is 5.67. The van der Waals surface area contributed by atoms with Crippen LogP contribution in [0.3, 0.4) is 0 Å². The molecule has 0 atom stereocenters. The molecule has 112 valence electrons. The van der Waals surface area contributed by atoms with Crippen LogP contribution in [-0.2, 0) is 6.54 Å². The molecule has 1 N–H and O–H groups in total. The van der Waals surface area contributed by atoms with Gasteiger partial charge in [0.15, 0.2) is 0 Å². The minimum atomic E-state index is 0.458. The second-order valence-electron chi connectivity index (χ2n) is 5.89. The molecule has 1 aromatic heterocycles. The van der Waals surface area contributed by atoms with Crippen LogP contribution in [-0.4, -0.2) is 23.6 Å². The van der Waals surface area contributed by atoms with Gasteiger partial charge in [0.25, 0.3) is 0 Å². The maximum atomic E-state index is 6.27. The van der Waals surface area contributed by atoms with Crippen molar-refractivity contribution in [3.63, 3.8) is 0 Å². The molecule has 1 heterocycles. The zero-order valence-electron chi connectivity index (χ0n) is 12.8. The molecule has 0 amide bonds. The molecule has 0 bridgehead atoms. The lowest BCUT2D eigenvalue weighted by Crippen LogP contribution is -2.33. The average Bonchev–Trinajstić information content (AvgIpc) is 2.93. The van der Waals surface area contributed by atoms with Crippen LogP contribution in [0.15, 0.2) is 12.3 Å². The summed E-state index contributed by atoms with van der Waals surface area (Å²) < 4.78 is 0. The van der Waals surface area contributed by atoms with Crippen LogP contribution in [0.4, 0.5) is 5.82 Å². The van der Waals surface area contributed by atoms with Gasteiger partial charge in [-0.05, 0) is 31.4 Å². The lowest BCUT2D eigenvalue weighted by atomic mass is 10.2. The van der Waals surface area contributed by atoms with E-state index in [2.05, 4.69) is 42.0 Å². The van der Waals surface area contributed by atoms with E-state index < -0.39 is 0 Å². The van der Waals surface area contributed by atoms with E-state index in [0.29, 0.717) is 12.1 Å². The Hall–Kier alpha value is -0.800. The molecule has 4 heteroatoms. The minimum Gasteiger partial charge on any atom is -0.354 e. The molecule has 1 aromatic rings. The maximum absolute atomic E-state index is 6.27. The third kappa shape index (κ3) is 3.86. The standard InChI is InChI=1S/C16H26ClN3/c1-4-20(14-7-5-6-8-14)16-9-13(10-18-12(2)3)15(17)11-19-16/h9,11-12,14,18H,4-8,10H2,1-3H3. The van der Waals surface area contributed by atoms with Crippen molar-refractivity contribution < 1.29 is 0 Å². The Morgan fingerprint density at radius 1 is 1.40 bits per heavy atom. The van der Waals surface area contributed by atoms with E-state index >= 15 is 0 Å². The van der Waals surface area contributed by atoms with Crippen LogP contribution >= 0.6 is 11.6 Å². The Balaban J connectivity index is 2.15. The predicted octanol–water partition coefficient (Wildman–Crippen LogP) is 4.00. The van der Waals surface area contributed by atoms with E-state index in [9.17, 15) is 0 Å². The van der Waals surface area contributed by atoms with Crippen LogP contribution in [0.25, 0.3) is 0 Å². The van der Waals surface area contributed by atoms with Crippen molar-refractivity contribution in [2.75, 3.05) is 11.4 Å². The highest BCUT2D eigenvalue weighted by molar-refractivity contribution is 6.31. The number of pyridine rings is 1. The fraction of sp³-hybridized carbons (Fsp3) is 0.688. The first-order chi connectivity index (χ1) is 9.61. The van der Waals surface area contributed by atoms with Crippen molar-refractivity contribution in [2.24, 2.45) is 0 Å². The molecule has 20 heavy (non-hydrogen) atoms. The quantitative estimate of drug-likeness (QED) is 0.860. The molecule has 1 saturated carbocycles. The highest BCUT2D eigenvalue weighted by atomic mass is 35.5. The van der Waals surface area contributed by atoms with Crippen LogP contribution in [0.5, 0.6) is 0 Å². The first-order valence-electron chi connectivity index (χ1n) is 7.76. The Labute approximate surface area is 127 Å². The van der Waals surface area contributed by atoms with E-state index in [1.807, 2.05) is 0 Å². The molecule has 0 aliphatic heterocycles. The molecule has 1 aliphatic carbocycles. The largest absolute Gasteiger partial charge is 0.354 e. The molecule has 0 unspecified atom stereocenters.